The minimum Gasteiger partial charge on any atom is -0.494 e. The van der Waals surface area contributed by atoms with Crippen molar-refractivity contribution in [2.45, 2.75) is 0 Å². The number of non-ortho nitro benzene ring substituents is 1. The Kier molecular flexibility index (Phi) is 5.77. The maximum absolute atomic E-state index is 12.3. The predicted molar refractivity (Wildman–Crippen MR) is 99.0 cm³/mol. The van der Waals surface area contributed by atoms with Gasteiger partial charge in [0.25, 0.3) is 5.69 Å². The highest BCUT2D eigenvalue weighted by Gasteiger charge is 2.21. The first-order valence-corrected chi connectivity index (χ1v) is 8.43. The average Bonchev–Trinajstić information content (AvgIpc) is 2.69. The van der Waals surface area contributed by atoms with Gasteiger partial charge in [0.2, 0.25) is 11.9 Å². The summed E-state index contributed by atoms with van der Waals surface area (Å²) in [6.45, 7) is 3.12. The quantitative estimate of drug-likeness (QED) is 0.593. The lowest BCUT2D eigenvalue weighted by Gasteiger charge is -2.34. The zero-order valence-corrected chi connectivity index (χ0v) is 14.9. The topological polar surface area (TPSA) is 114 Å². The van der Waals surface area contributed by atoms with Crippen molar-refractivity contribution in [3.05, 3.63) is 46.8 Å². The average molecular weight is 372 g/mol. The summed E-state index contributed by atoms with van der Waals surface area (Å²) >= 11 is 0. The predicted octanol–water partition coefficient (Wildman–Crippen LogP) is 1.15. The number of anilines is 2. The zero-order chi connectivity index (χ0) is 19.2. The number of rotatable bonds is 6. The van der Waals surface area contributed by atoms with Gasteiger partial charge in [-0.15, -0.1) is 0 Å². The fourth-order valence-corrected chi connectivity index (χ4v) is 2.85. The van der Waals surface area contributed by atoms with Gasteiger partial charge in [0, 0.05) is 44.6 Å². The Bertz CT molecular complexity index is 808. The van der Waals surface area contributed by atoms with Crippen LogP contribution in [0.2, 0.25) is 0 Å². The molecule has 1 amide bonds. The normalized spacial score (nSPS) is 14.6. The Morgan fingerprint density at radius 3 is 2.59 bits per heavy atom. The lowest BCUT2D eigenvalue weighted by atomic mass is 10.2. The number of hydrogen-bond donors (Lipinski definition) is 1. The molecule has 1 aliphatic heterocycles. The van der Waals surface area contributed by atoms with Crippen LogP contribution in [0, 0.1) is 10.1 Å². The summed E-state index contributed by atoms with van der Waals surface area (Å²) < 4.78 is 5.14. The van der Waals surface area contributed by atoms with Crippen LogP contribution >= 0.6 is 0 Å². The van der Waals surface area contributed by atoms with Crippen molar-refractivity contribution in [1.29, 1.82) is 0 Å². The van der Waals surface area contributed by atoms with Gasteiger partial charge in [-0.2, -0.15) is 0 Å². The van der Waals surface area contributed by atoms with E-state index in [0.717, 1.165) is 13.1 Å². The Morgan fingerprint density at radius 1 is 1.26 bits per heavy atom. The Hall–Kier alpha value is -3.27. The van der Waals surface area contributed by atoms with Crippen LogP contribution in [0.3, 0.4) is 0 Å². The van der Waals surface area contributed by atoms with Gasteiger partial charge in [0.15, 0.2) is 0 Å². The molecule has 1 fully saturated rings. The number of carbonyl (C=O) groups is 1. The van der Waals surface area contributed by atoms with Crippen LogP contribution in [0.5, 0.6) is 5.75 Å². The standard InChI is InChI=1S/C17H20N6O4/c1-27-15-11-13(23(25)26)3-4-14(15)20-16(24)12-21-7-9-22(10-8-21)17-18-5-2-6-19-17/h2-6,11H,7-10,12H2,1H3,(H,20,24). The van der Waals surface area contributed by atoms with Crippen LogP contribution in [-0.4, -0.2) is 65.5 Å². The van der Waals surface area contributed by atoms with Crippen molar-refractivity contribution in [3.63, 3.8) is 0 Å². The summed E-state index contributed by atoms with van der Waals surface area (Å²) in [5.74, 6) is 0.743. The number of benzene rings is 1. The van der Waals surface area contributed by atoms with Crippen molar-refractivity contribution in [3.8, 4) is 5.75 Å². The molecule has 0 spiro atoms. The molecule has 0 saturated carbocycles. The van der Waals surface area contributed by atoms with Gasteiger partial charge >= 0.3 is 0 Å². The molecule has 1 aliphatic rings. The second kappa shape index (κ2) is 8.41. The number of nitro benzene ring substituents is 1. The molecule has 10 nitrogen and oxygen atoms in total. The second-order valence-electron chi connectivity index (χ2n) is 6.00. The third kappa shape index (κ3) is 4.67. The van der Waals surface area contributed by atoms with Crippen LogP contribution in [0.15, 0.2) is 36.7 Å². The molecule has 0 atom stereocenters. The first kappa shape index (κ1) is 18.5. The van der Waals surface area contributed by atoms with E-state index < -0.39 is 4.92 Å². The van der Waals surface area contributed by atoms with E-state index >= 15 is 0 Å². The summed E-state index contributed by atoms with van der Waals surface area (Å²) in [7, 11) is 1.40. The molecule has 0 bridgehead atoms. The second-order valence-corrected chi connectivity index (χ2v) is 6.00. The summed E-state index contributed by atoms with van der Waals surface area (Å²) in [5.41, 5.74) is 0.313. The molecule has 0 unspecified atom stereocenters. The number of ether oxygens (including phenoxy) is 1. The Morgan fingerprint density at radius 2 is 1.96 bits per heavy atom. The summed E-state index contributed by atoms with van der Waals surface area (Å²) in [4.78, 5) is 35.3. The fourth-order valence-electron chi connectivity index (χ4n) is 2.85. The zero-order valence-electron chi connectivity index (χ0n) is 14.9. The van der Waals surface area contributed by atoms with Crippen molar-refractivity contribution in [1.82, 2.24) is 14.9 Å². The highest BCUT2D eigenvalue weighted by atomic mass is 16.6. The first-order chi connectivity index (χ1) is 13.1. The highest BCUT2D eigenvalue weighted by molar-refractivity contribution is 5.94. The van der Waals surface area contributed by atoms with E-state index in [4.69, 9.17) is 4.74 Å². The third-order valence-corrected chi connectivity index (χ3v) is 4.24. The van der Waals surface area contributed by atoms with Crippen LogP contribution in [-0.2, 0) is 4.79 Å². The molecule has 2 heterocycles. The Labute approximate surface area is 155 Å². The van der Waals surface area contributed by atoms with Crippen molar-refractivity contribution < 1.29 is 14.5 Å². The van der Waals surface area contributed by atoms with E-state index in [0.29, 0.717) is 24.7 Å². The maximum Gasteiger partial charge on any atom is 0.273 e. The first-order valence-electron chi connectivity index (χ1n) is 8.43. The van der Waals surface area contributed by atoms with Crippen LogP contribution in [0.1, 0.15) is 0 Å². The minimum atomic E-state index is -0.510. The third-order valence-electron chi connectivity index (χ3n) is 4.24. The van der Waals surface area contributed by atoms with Gasteiger partial charge in [-0.25, -0.2) is 9.97 Å². The summed E-state index contributed by atoms with van der Waals surface area (Å²) in [6.07, 6.45) is 3.42. The number of nitrogens with one attached hydrogen (secondary N) is 1. The number of carbonyl (C=O) groups excluding carboxylic acids is 1. The van der Waals surface area contributed by atoms with Crippen LogP contribution < -0.4 is 15.0 Å². The molecule has 0 radical (unpaired) electrons. The number of methoxy groups -OCH3 is 1. The largest absolute Gasteiger partial charge is 0.494 e. The SMILES string of the molecule is COc1cc([N+](=O)[O-])ccc1NC(=O)CN1CCN(c2ncccn2)CC1. The van der Waals surface area contributed by atoms with E-state index in [9.17, 15) is 14.9 Å². The molecular weight excluding hydrogens is 352 g/mol. The molecule has 10 heteroatoms. The van der Waals surface area contributed by atoms with Crippen molar-refractivity contribution in [2.24, 2.45) is 0 Å². The molecule has 142 valence electrons. The van der Waals surface area contributed by atoms with Crippen molar-refractivity contribution in [2.75, 3.05) is 50.1 Å². The van der Waals surface area contributed by atoms with Crippen molar-refractivity contribution >= 4 is 23.2 Å². The van der Waals surface area contributed by atoms with E-state index in [1.807, 2.05) is 4.90 Å². The summed E-state index contributed by atoms with van der Waals surface area (Å²) in [6, 6.07) is 5.86. The van der Waals surface area contributed by atoms with Gasteiger partial charge in [-0.3, -0.25) is 19.8 Å². The molecule has 3 rings (SSSR count). The van der Waals surface area contributed by atoms with Gasteiger partial charge in [-0.1, -0.05) is 0 Å². The minimum absolute atomic E-state index is 0.0934. The van der Waals surface area contributed by atoms with E-state index in [1.165, 1.54) is 25.3 Å². The van der Waals surface area contributed by atoms with Crippen LogP contribution in [0.25, 0.3) is 0 Å². The molecule has 2 aromatic rings. The molecule has 1 N–H and O–H groups in total. The summed E-state index contributed by atoms with van der Waals surface area (Å²) in [5, 5.41) is 13.6. The molecule has 1 aromatic carbocycles. The maximum atomic E-state index is 12.3. The smallest absolute Gasteiger partial charge is 0.273 e. The lowest BCUT2D eigenvalue weighted by Crippen LogP contribution is -2.49. The highest BCUT2D eigenvalue weighted by Crippen LogP contribution is 2.28. The number of aromatic nitrogens is 2. The van der Waals surface area contributed by atoms with Crippen LogP contribution in [0.4, 0.5) is 17.3 Å². The lowest BCUT2D eigenvalue weighted by molar-refractivity contribution is -0.384. The molecular formula is C17H20N6O4. The van der Waals surface area contributed by atoms with E-state index in [1.54, 1.807) is 18.5 Å². The molecule has 0 aliphatic carbocycles. The van der Waals surface area contributed by atoms with Gasteiger partial charge in [0.05, 0.1) is 30.3 Å². The fraction of sp³-hybridized carbons (Fsp3) is 0.353. The molecule has 1 saturated heterocycles. The number of nitrogens with zero attached hydrogens (tertiary/aromatic N) is 5. The monoisotopic (exact) mass is 372 g/mol. The number of nitro groups is 1. The van der Waals surface area contributed by atoms with Gasteiger partial charge < -0.3 is 15.0 Å². The van der Waals surface area contributed by atoms with Gasteiger partial charge in [0.1, 0.15) is 5.75 Å². The molecule has 1 aromatic heterocycles. The number of piperazine rings is 1. The number of amides is 1. The molecule has 27 heavy (non-hydrogen) atoms. The van der Waals surface area contributed by atoms with E-state index in [2.05, 4.69) is 20.2 Å². The number of hydrogen-bond acceptors (Lipinski definition) is 8. The van der Waals surface area contributed by atoms with E-state index in [-0.39, 0.29) is 23.9 Å². The Balaban J connectivity index is 1.54. The van der Waals surface area contributed by atoms with Gasteiger partial charge in [-0.05, 0) is 12.1 Å².